The highest BCUT2D eigenvalue weighted by Gasteiger charge is 2.24. The number of amides is 1. The number of pyridine rings is 1. The Kier molecular flexibility index (Phi) is 6.29. The number of carbonyl (C=O) groups is 1. The van der Waals surface area contributed by atoms with Crippen molar-refractivity contribution in [2.45, 2.75) is 6.42 Å². The van der Waals surface area contributed by atoms with Crippen molar-refractivity contribution in [2.75, 3.05) is 58.8 Å². The average molecular weight is 368 g/mol. The second kappa shape index (κ2) is 8.86. The summed E-state index contributed by atoms with van der Waals surface area (Å²) in [5, 5.41) is 0. The van der Waals surface area contributed by atoms with E-state index in [1.807, 2.05) is 48.2 Å². The standard InChI is InChI=1S/C21H28N4O2/c1-23(2)20-19(8-5-10-22-20)21(26)25-14-12-24(13-15-25)11-9-17-6-4-7-18(16-17)27-3/h4-8,10,16H,9,11-15H2,1-3H3. The van der Waals surface area contributed by atoms with Crippen molar-refractivity contribution >= 4 is 11.7 Å². The third kappa shape index (κ3) is 4.77. The van der Waals surface area contributed by atoms with Gasteiger partial charge < -0.3 is 14.5 Å². The highest BCUT2D eigenvalue weighted by molar-refractivity contribution is 5.98. The zero-order valence-electron chi connectivity index (χ0n) is 16.4. The van der Waals surface area contributed by atoms with Gasteiger partial charge in [0.25, 0.3) is 5.91 Å². The van der Waals surface area contributed by atoms with Crippen LogP contribution in [0.4, 0.5) is 5.82 Å². The molecule has 0 radical (unpaired) electrons. The first kappa shape index (κ1) is 19.2. The van der Waals surface area contributed by atoms with E-state index in [2.05, 4.69) is 22.0 Å². The quantitative estimate of drug-likeness (QED) is 0.782. The molecule has 1 aromatic heterocycles. The van der Waals surface area contributed by atoms with Gasteiger partial charge in [-0.2, -0.15) is 0 Å². The lowest BCUT2D eigenvalue weighted by atomic mass is 10.1. The fraction of sp³-hybridized carbons (Fsp3) is 0.429. The minimum absolute atomic E-state index is 0.0687. The smallest absolute Gasteiger partial charge is 0.257 e. The zero-order valence-corrected chi connectivity index (χ0v) is 16.4. The number of rotatable bonds is 6. The van der Waals surface area contributed by atoms with E-state index in [1.54, 1.807) is 13.3 Å². The van der Waals surface area contributed by atoms with E-state index < -0.39 is 0 Å². The van der Waals surface area contributed by atoms with Gasteiger partial charge in [0.05, 0.1) is 12.7 Å². The highest BCUT2D eigenvalue weighted by atomic mass is 16.5. The highest BCUT2D eigenvalue weighted by Crippen LogP contribution is 2.18. The summed E-state index contributed by atoms with van der Waals surface area (Å²) in [6.45, 7) is 4.28. The minimum Gasteiger partial charge on any atom is -0.497 e. The molecule has 2 aromatic rings. The van der Waals surface area contributed by atoms with Gasteiger partial charge in [0.1, 0.15) is 11.6 Å². The first-order valence-electron chi connectivity index (χ1n) is 9.35. The van der Waals surface area contributed by atoms with Gasteiger partial charge in [-0.1, -0.05) is 12.1 Å². The summed E-state index contributed by atoms with van der Waals surface area (Å²) in [7, 11) is 5.52. The second-order valence-corrected chi connectivity index (χ2v) is 7.00. The number of nitrogens with zero attached hydrogens (tertiary/aromatic N) is 4. The van der Waals surface area contributed by atoms with Gasteiger partial charge in [-0.05, 0) is 36.2 Å². The summed E-state index contributed by atoms with van der Waals surface area (Å²) >= 11 is 0. The molecule has 0 N–H and O–H groups in total. The number of benzene rings is 1. The molecule has 0 bridgehead atoms. The van der Waals surface area contributed by atoms with Crippen LogP contribution in [0.2, 0.25) is 0 Å². The predicted molar refractivity (Wildman–Crippen MR) is 108 cm³/mol. The third-order valence-corrected chi connectivity index (χ3v) is 4.95. The van der Waals surface area contributed by atoms with Gasteiger partial charge in [-0.3, -0.25) is 9.69 Å². The van der Waals surface area contributed by atoms with Crippen molar-refractivity contribution in [1.29, 1.82) is 0 Å². The molecule has 0 spiro atoms. The molecule has 6 heteroatoms. The van der Waals surface area contributed by atoms with E-state index in [-0.39, 0.29) is 5.91 Å². The molecule has 6 nitrogen and oxygen atoms in total. The van der Waals surface area contributed by atoms with Gasteiger partial charge in [0.15, 0.2) is 0 Å². The van der Waals surface area contributed by atoms with Crippen LogP contribution in [0, 0.1) is 0 Å². The predicted octanol–water partition coefficient (Wildman–Crippen LogP) is 2.16. The van der Waals surface area contributed by atoms with Crippen LogP contribution in [0.25, 0.3) is 0 Å². The largest absolute Gasteiger partial charge is 0.497 e. The molecule has 0 unspecified atom stereocenters. The number of piperazine rings is 1. The van der Waals surface area contributed by atoms with Crippen molar-refractivity contribution in [3.8, 4) is 5.75 Å². The number of methoxy groups -OCH3 is 1. The topological polar surface area (TPSA) is 48.9 Å². The molecular formula is C21H28N4O2. The Morgan fingerprint density at radius 3 is 2.63 bits per heavy atom. The lowest BCUT2D eigenvalue weighted by Crippen LogP contribution is -2.49. The third-order valence-electron chi connectivity index (χ3n) is 4.95. The van der Waals surface area contributed by atoms with Crippen LogP contribution in [0.1, 0.15) is 15.9 Å². The maximum Gasteiger partial charge on any atom is 0.257 e. The van der Waals surface area contributed by atoms with Gasteiger partial charge in [-0.25, -0.2) is 4.98 Å². The summed E-state index contributed by atoms with van der Waals surface area (Å²) in [5.74, 6) is 1.69. The van der Waals surface area contributed by atoms with Crippen LogP contribution in [-0.4, -0.2) is 74.6 Å². The molecule has 0 atom stereocenters. The number of hydrogen-bond acceptors (Lipinski definition) is 5. The van der Waals surface area contributed by atoms with E-state index in [0.29, 0.717) is 5.56 Å². The van der Waals surface area contributed by atoms with E-state index in [9.17, 15) is 4.79 Å². The van der Waals surface area contributed by atoms with Crippen LogP contribution in [0.3, 0.4) is 0 Å². The average Bonchev–Trinajstić information content (AvgIpc) is 2.72. The van der Waals surface area contributed by atoms with Gasteiger partial charge in [0, 0.05) is 53.0 Å². The Bertz CT molecular complexity index is 770. The molecule has 1 saturated heterocycles. The normalized spacial score (nSPS) is 14.9. The number of aromatic nitrogens is 1. The van der Waals surface area contributed by atoms with E-state index in [4.69, 9.17) is 4.74 Å². The fourth-order valence-corrected chi connectivity index (χ4v) is 3.38. The molecule has 27 heavy (non-hydrogen) atoms. The first-order chi connectivity index (χ1) is 13.1. The van der Waals surface area contributed by atoms with E-state index in [1.165, 1.54) is 5.56 Å². The molecule has 1 aromatic carbocycles. The maximum atomic E-state index is 12.9. The Morgan fingerprint density at radius 2 is 1.93 bits per heavy atom. The first-order valence-corrected chi connectivity index (χ1v) is 9.35. The van der Waals surface area contributed by atoms with Crippen molar-refractivity contribution < 1.29 is 9.53 Å². The summed E-state index contributed by atoms with van der Waals surface area (Å²) < 4.78 is 5.29. The molecule has 0 aliphatic carbocycles. The molecule has 1 amide bonds. The van der Waals surface area contributed by atoms with Gasteiger partial charge >= 0.3 is 0 Å². The number of ether oxygens (including phenoxy) is 1. The van der Waals surface area contributed by atoms with E-state index in [0.717, 1.165) is 50.7 Å². The molecular weight excluding hydrogens is 340 g/mol. The fourth-order valence-electron chi connectivity index (χ4n) is 3.38. The number of carbonyl (C=O) groups excluding carboxylic acids is 1. The molecule has 144 valence electrons. The Balaban J connectivity index is 1.53. The van der Waals surface area contributed by atoms with Gasteiger partial charge in [0.2, 0.25) is 0 Å². The number of hydrogen-bond donors (Lipinski definition) is 0. The lowest BCUT2D eigenvalue weighted by Gasteiger charge is -2.35. The molecule has 1 fully saturated rings. The van der Waals surface area contributed by atoms with Crippen molar-refractivity contribution in [3.05, 3.63) is 53.7 Å². The summed E-state index contributed by atoms with van der Waals surface area (Å²) in [6.07, 6.45) is 2.71. The van der Waals surface area contributed by atoms with Crippen LogP contribution < -0.4 is 9.64 Å². The minimum atomic E-state index is 0.0687. The summed E-state index contributed by atoms with van der Waals surface area (Å²) in [6, 6.07) is 11.9. The summed E-state index contributed by atoms with van der Waals surface area (Å²) in [5.41, 5.74) is 1.95. The Hall–Kier alpha value is -2.60. The van der Waals surface area contributed by atoms with E-state index >= 15 is 0 Å². The van der Waals surface area contributed by atoms with Gasteiger partial charge in [-0.15, -0.1) is 0 Å². The van der Waals surface area contributed by atoms with Crippen LogP contribution in [0.15, 0.2) is 42.6 Å². The SMILES string of the molecule is COc1cccc(CCN2CCN(C(=O)c3cccnc3N(C)C)CC2)c1. The molecule has 1 aliphatic heterocycles. The van der Waals surface area contributed by atoms with Crippen LogP contribution in [0.5, 0.6) is 5.75 Å². The Labute approximate surface area is 161 Å². The van der Waals surface area contributed by atoms with Crippen LogP contribution in [-0.2, 0) is 6.42 Å². The van der Waals surface area contributed by atoms with Crippen molar-refractivity contribution in [2.24, 2.45) is 0 Å². The monoisotopic (exact) mass is 368 g/mol. The lowest BCUT2D eigenvalue weighted by molar-refractivity contribution is 0.0639. The molecule has 2 heterocycles. The molecule has 3 rings (SSSR count). The van der Waals surface area contributed by atoms with Crippen LogP contribution >= 0.6 is 0 Å². The zero-order chi connectivity index (χ0) is 19.2. The van der Waals surface area contributed by atoms with Crippen molar-refractivity contribution in [1.82, 2.24) is 14.8 Å². The maximum absolute atomic E-state index is 12.9. The Morgan fingerprint density at radius 1 is 1.15 bits per heavy atom. The molecule has 1 aliphatic rings. The second-order valence-electron chi connectivity index (χ2n) is 7.00. The summed E-state index contributed by atoms with van der Waals surface area (Å²) in [4.78, 5) is 23.5. The van der Waals surface area contributed by atoms with Crippen molar-refractivity contribution in [3.63, 3.8) is 0 Å². The molecule has 0 saturated carbocycles. The number of anilines is 1.